The van der Waals surface area contributed by atoms with Gasteiger partial charge in [0, 0.05) is 0 Å². The summed E-state index contributed by atoms with van der Waals surface area (Å²) in [7, 11) is 0. The van der Waals surface area contributed by atoms with Gasteiger partial charge in [-0.1, -0.05) is 60.4 Å². The number of rotatable bonds is 8. The van der Waals surface area contributed by atoms with Crippen LogP contribution in [0.25, 0.3) is 6.08 Å². The van der Waals surface area contributed by atoms with Gasteiger partial charge < -0.3 is 14.8 Å². The van der Waals surface area contributed by atoms with E-state index in [9.17, 15) is 14.7 Å². The van der Waals surface area contributed by atoms with Gasteiger partial charge >= 0.3 is 0 Å². The van der Waals surface area contributed by atoms with Crippen molar-refractivity contribution in [2.45, 2.75) is 12.5 Å². The molecular formula is C21H20N2O4S2. The van der Waals surface area contributed by atoms with Crippen LogP contribution in [-0.2, 0) is 16.0 Å². The van der Waals surface area contributed by atoms with E-state index in [1.54, 1.807) is 36.6 Å². The Morgan fingerprint density at radius 3 is 2.76 bits per heavy atom. The van der Waals surface area contributed by atoms with Gasteiger partial charge in [-0.25, -0.2) is 0 Å². The van der Waals surface area contributed by atoms with E-state index in [4.69, 9.17) is 16.6 Å². The summed E-state index contributed by atoms with van der Waals surface area (Å²) >= 11 is 6.39. The Morgan fingerprint density at radius 2 is 2.07 bits per heavy atom. The molecule has 0 radical (unpaired) electrons. The lowest BCUT2D eigenvalue weighted by Crippen LogP contribution is -2.45. The van der Waals surface area contributed by atoms with Crippen molar-refractivity contribution in [1.82, 2.24) is 10.2 Å². The Bertz CT molecular complexity index is 923. The number of hydrogen-bond donors (Lipinski definition) is 2. The van der Waals surface area contributed by atoms with E-state index < -0.39 is 6.04 Å². The molecule has 1 aliphatic rings. The number of thiocarbonyl (C=S) groups is 1. The fourth-order valence-corrected chi connectivity index (χ4v) is 3.95. The summed E-state index contributed by atoms with van der Waals surface area (Å²) in [6.45, 7) is -0.383. The first-order valence-electron chi connectivity index (χ1n) is 8.96. The predicted molar refractivity (Wildman–Crippen MR) is 117 cm³/mol. The second-order valence-electron chi connectivity index (χ2n) is 6.30. The van der Waals surface area contributed by atoms with Gasteiger partial charge in [0.05, 0.1) is 23.8 Å². The summed E-state index contributed by atoms with van der Waals surface area (Å²) in [5.74, 6) is -0.0175. The fourth-order valence-electron chi connectivity index (χ4n) is 2.74. The first-order chi connectivity index (χ1) is 14.1. The Labute approximate surface area is 178 Å². The van der Waals surface area contributed by atoms with Gasteiger partial charge in [0.15, 0.2) is 0 Å². The van der Waals surface area contributed by atoms with E-state index in [-0.39, 0.29) is 25.0 Å². The lowest BCUT2D eigenvalue weighted by molar-refractivity contribution is -0.129. The molecule has 3 rings (SSSR count). The van der Waals surface area contributed by atoms with Crippen LogP contribution in [0.3, 0.4) is 0 Å². The fraction of sp³-hybridized carbons (Fsp3) is 0.190. The summed E-state index contributed by atoms with van der Waals surface area (Å²) in [5.41, 5.74) is 1.00. The minimum Gasteiger partial charge on any atom is -0.465 e. The number of aliphatic hydroxyl groups is 1. The highest BCUT2D eigenvalue weighted by atomic mass is 32.2. The van der Waals surface area contributed by atoms with Crippen molar-refractivity contribution in [1.29, 1.82) is 0 Å². The van der Waals surface area contributed by atoms with Crippen LogP contribution in [0, 0.1) is 0 Å². The number of aliphatic hydroxyl groups excluding tert-OH is 1. The molecule has 8 heteroatoms. The number of benzene rings is 1. The molecule has 0 aliphatic carbocycles. The Hall–Kier alpha value is -2.68. The molecule has 2 amide bonds. The molecule has 0 spiro atoms. The van der Waals surface area contributed by atoms with Gasteiger partial charge in [0.1, 0.15) is 16.6 Å². The van der Waals surface area contributed by atoms with Crippen molar-refractivity contribution in [3.63, 3.8) is 0 Å². The SMILES string of the molecule is O=C(CN1C(=O)C(=CC=Cc2ccco2)SC1=S)NC(CO)Cc1ccccc1. The van der Waals surface area contributed by atoms with Gasteiger partial charge in [-0.05, 0) is 36.3 Å². The third-order valence-corrected chi connectivity index (χ3v) is 5.53. The molecule has 2 N–H and O–H groups in total. The molecule has 150 valence electrons. The molecule has 2 heterocycles. The lowest BCUT2D eigenvalue weighted by Gasteiger charge is -2.19. The van der Waals surface area contributed by atoms with Crippen molar-refractivity contribution in [2.75, 3.05) is 13.2 Å². The third kappa shape index (κ3) is 5.90. The molecular weight excluding hydrogens is 408 g/mol. The summed E-state index contributed by atoms with van der Waals surface area (Å²) in [4.78, 5) is 26.6. The van der Waals surface area contributed by atoms with Gasteiger partial charge in [0.2, 0.25) is 5.91 Å². The number of hydrogen-bond acceptors (Lipinski definition) is 6. The van der Waals surface area contributed by atoms with Crippen LogP contribution in [0.5, 0.6) is 0 Å². The number of allylic oxidation sites excluding steroid dienone is 2. The summed E-state index contributed by atoms with van der Waals surface area (Å²) in [5, 5.41) is 12.3. The molecule has 1 atom stereocenters. The summed E-state index contributed by atoms with van der Waals surface area (Å²) in [6, 6.07) is 12.7. The van der Waals surface area contributed by atoms with Crippen LogP contribution >= 0.6 is 24.0 Å². The van der Waals surface area contributed by atoms with Crippen molar-refractivity contribution in [3.05, 3.63) is 77.1 Å². The zero-order valence-electron chi connectivity index (χ0n) is 15.5. The van der Waals surface area contributed by atoms with Crippen LogP contribution in [0.2, 0.25) is 0 Å². The van der Waals surface area contributed by atoms with Gasteiger partial charge in [-0.15, -0.1) is 0 Å². The number of nitrogens with one attached hydrogen (secondary N) is 1. The molecule has 1 aromatic heterocycles. The number of furan rings is 1. The topological polar surface area (TPSA) is 82.8 Å². The van der Waals surface area contributed by atoms with E-state index in [0.717, 1.165) is 17.3 Å². The molecule has 6 nitrogen and oxygen atoms in total. The zero-order valence-corrected chi connectivity index (χ0v) is 17.1. The molecule has 1 fully saturated rings. The van der Waals surface area contributed by atoms with Gasteiger partial charge in [0.25, 0.3) is 5.91 Å². The number of carbonyl (C=O) groups excluding carboxylic acids is 2. The van der Waals surface area contributed by atoms with Crippen molar-refractivity contribution in [3.8, 4) is 0 Å². The standard InChI is InChI=1S/C21H20N2O4S2/c24-14-16(12-15-6-2-1-3-7-15)22-19(25)13-23-20(26)18(29-21(23)28)10-4-8-17-9-5-11-27-17/h1-11,16,24H,12-14H2,(H,22,25). The molecule has 0 bridgehead atoms. The monoisotopic (exact) mass is 428 g/mol. The van der Waals surface area contributed by atoms with Gasteiger partial charge in [-0.2, -0.15) is 0 Å². The summed E-state index contributed by atoms with van der Waals surface area (Å²) in [6.07, 6.45) is 7.14. The Morgan fingerprint density at radius 1 is 1.28 bits per heavy atom. The predicted octanol–water partition coefficient (Wildman–Crippen LogP) is 2.76. The molecule has 1 aromatic carbocycles. The van der Waals surface area contributed by atoms with Crippen LogP contribution in [-0.4, -0.2) is 45.3 Å². The third-order valence-electron chi connectivity index (χ3n) is 4.14. The maximum Gasteiger partial charge on any atom is 0.266 e. The van der Waals surface area contributed by atoms with E-state index in [1.807, 2.05) is 30.3 Å². The maximum atomic E-state index is 12.6. The number of carbonyl (C=O) groups is 2. The second-order valence-corrected chi connectivity index (χ2v) is 7.98. The highest BCUT2D eigenvalue weighted by Gasteiger charge is 2.33. The maximum absolute atomic E-state index is 12.6. The average Bonchev–Trinajstić information content (AvgIpc) is 3.32. The quantitative estimate of drug-likeness (QED) is 0.497. The summed E-state index contributed by atoms with van der Waals surface area (Å²) < 4.78 is 5.52. The Kier molecular flexibility index (Phi) is 7.40. The molecule has 29 heavy (non-hydrogen) atoms. The minimum atomic E-state index is -0.435. The highest BCUT2D eigenvalue weighted by Crippen LogP contribution is 2.30. The van der Waals surface area contributed by atoms with Crippen molar-refractivity contribution in [2.24, 2.45) is 0 Å². The van der Waals surface area contributed by atoms with E-state index in [2.05, 4.69) is 5.32 Å². The van der Waals surface area contributed by atoms with E-state index in [1.165, 1.54) is 4.90 Å². The van der Waals surface area contributed by atoms with Crippen LogP contribution < -0.4 is 5.32 Å². The molecule has 1 unspecified atom stereocenters. The van der Waals surface area contributed by atoms with Crippen LogP contribution in [0.15, 0.2) is 70.2 Å². The minimum absolute atomic E-state index is 0.185. The number of amides is 2. The Balaban J connectivity index is 1.56. The second kappa shape index (κ2) is 10.2. The zero-order chi connectivity index (χ0) is 20.6. The normalized spacial score (nSPS) is 16.7. The van der Waals surface area contributed by atoms with Crippen molar-refractivity contribution < 1.29 is 19.1 Å². The molecule has 2 aromatic rings. The lowest BCUT2D eigenvalue weighted by atomic mass is 10.1. The smallest absolute Gasteiger partial charge is 0.266 e. The van der Waals surface area contributed by atoms with Crippen LogP contribution in [0.4, 0.5) is 0 Å². The first-order valence-corrected chi connectivity index (χ1v) is 10.2. The number of nitrogens with zero attached hydrogens (tertiary/aromatic N) is 1. The van der Waals surface area contributed by atoms with Crippen LogP contribution in [0.1, 0.15) is 11.3 Å². The van der Waals surface area contributed by atoms with Crippen molar-refractivity contribution >= 4 is 46.2 Å². The largest absolute Gasteiger partial charge is 0.465 e. The molecule has 1 saturated heterocycles. The highest BCUT2D eigenvalue weighted by molar-refractivity contribution is 8.26. The van der Waals surface area contributed by atoms with E-state index >= 15 is 0 Å². The first kappa shape index (κ1) is 21.0. The van der Waals surface area contributed by atoms with Gasteiger partial charge in [-0.3, -0.25) is 14.5 Å². The molecule has 0 saturated carbocycles. The molecule has 1 aliphatic heterocycles. The van der Waals surface area contributed by atoms with E-state index in [0.29, 0.717) is 21.4 Å². The number of thioether (sulfide) groups is 1. The average molecular weight is 429 g/mol.